The van der Waals surface area contributed by atoms with Crippen LogP contribution in [0.4, 0.5) is 0 Å². The summed E-state index contributed by atoms with van der Waals surface area (Å²) in [4.78, 5) is 11.2. The van der Waals surface area contributed by atoms with Crippen LogP contribution < -0.4 is 5.32 Å². The average molecular weight is 197 g/mol. The summed E-state index contributed by atoms with van der Waals surface area (Å²) < 4.78 is 5.72. The lowest BCUT2D eigenvalue weighted by atomic mass is 9.75. The van der Waals surface area contributed by atoms with E-state index in [1.54, 1.807) is 7.11 Å². The minimum absolute atomic E-state index is 0.00257. The second kappa shape index (κ2) is 3.89. The maximum absolute atomic E-state index is 11.2. The van der Waals surface area contributed by atoms with E-state index in [9.17, 15) is 4.79 Å². The lowest BCUT2D eigenvalue weighted by Gasteiger charge is -2.40. The Hall–Kier alpha value is -0.570. The predicted octanol–water partition coefficient (Wildman–Crippen LogP) is 1.47. The first kappa shape index (κ1) is 9.97. The Balaban J connectivity index is 2.06. The molecule has 1 atom stereocenters. The van der Waals surface area contributed by atoms with Crippen molar-refractivity contribution in [2.24, 2.45) is 5.92 Å². The molecule has 1 saturated heterocycles. The Morgan fingerprint density at radius 1 is 1.36 bits per heavy atom. The van der Waals surface area contributed by atoms with Crippen LogP contribution in [0.3, 0.4) is 0 Å². The topological polar surface area (TPSA) is 38.3 Å². The normalized spacial score (nSPS) is 31.5. The molecule has 3 heteroatoms. The summed E-state index contributed by atoms with van der Waals surface area (Å²) in [6.07, 6.45) is 6.73. The van der Waals surface area contributed by atoms with Gasteiger partial charge in [0.1, 0.15) is 0 Å². The van der Waals surface area contributed by atoms with E-state index in [-0.39, 0.29) is 11.5 Å². The molecule has 1 unspecified atom stereocenters. The molecule has 2 aliphatic rings. The third-order valence-electron chi connectivity index (χ3n) is 3.83. The van der Waals surface area contributed by atoms with Gasteiger partial charge in [0.25, 0.3) is 0 Å². The van der Waals surface area contributed by atoms with Crippen molar-refractivity contribution in [3.05, 3.63) is 0 Å². The van der Waals surface area contributed by atoms with Crippen LogP contribution in [0.5, 0.6) is 0 Å². The number of carbonyl (C=O) groups is 1. The molecule has 1 aliphatic carbocycles. The van der Waals surface area contributed by atoms with Gasteiger partial charge in [0.05, 0.1) is 5.60 Å². The van der Waals surface area contributed by atoms with Gasteiger partial charge in [-0.25, -0.2) is 0 Å². The summed E-state index contributed by atoms with van der Waals surface area (Å²) in [7, 11) is 1.80. The Morgan fingerprint density at radius 3 is 2.57 bits per heavy atom. The van der Waals surface area contributed by atoms with E-state index in [1.807, 2.05) is 0 Å². The highest BCUT2D eigenvalue weighted by atomic mass is 16.5. The third kappa shape index (κ3) is 1.65. The van der Waals surface area contributed by atoms with Crippen LogP contribution >= 0.6 is 0 Å². The van der Waals surface area contributed by atoms with Crippen LogP contribution in [-0.2, 0) is 9.53 Å². The molecule has 2 fully saturated rings. The summed E-state index contributed by atoms with van der Waals surface area (Å²) in [5.41, 5.74) is -0.00257. The first-order chi connectivity index (χ1) is 6.77. The summed E-state index contributed by atoms with van der Waals surface area (Å²) in [6.45, 7) is 0.812. The number of hydrogen-bond acceptors (Lipinski definition) is 2. The second-order valence-corrected chi connectivity index (χ2v) is 4.53. The highest BCUT2D eigenvalue weighted by Gasteiger charge is 2.43. The van der Waals surface area contributed by atoms with Crippen molar-refractivity contribution in [3.8, 4) is 0 Å². The van der Waals surface area contributed by atoms with Crippen molar-refractivity contribution in [2.75, 3.05) is 13.7 Å². The maximum Gasteiger partial charge on any atom is 0.220 e. The van der Waals surface area contributed by atoms with Gasteiger partial charge in [0.15, 0.2) is 0 Å². The maximum atomic E-state index is 11.2. The van der Waals surface area contributed by atoms with Gasteiger partial charge in [-0.2, -0.15) is 0 Å². The monoisotopic (exact) mass is 197 g/mol. The summed E-state index contributed by atoms with van der Waals surface area (Å²) in [5, 5.41) is 2.91. The fraction of sp³-hybridized carbons (Fsp3) is 0.909. The molecule has 1 amide bonds. The zero-order valence-electron chi connectivity index (χ0n) is 8.84. The lowest BCUT2D eigenvalue weighted by Crippen LogP contribution is -2.42. The van der Waals surface area contributed by atoms with E-state index >= 15 is 0 Å². The minimum atomic E-state index is -0.00257. The van der Waals surface area contributed by atoms with Crippen LogP contribution in [0, 0.1) is 5.92 Å². The van der Waals surface area contributed by atoms with Crippen LogP contribution in [0.25, 0.3) is 0 Å². The number of ether oxygens (including phenoxy) is 1. The van der Waals surface area contributed by atoms with E-state index in [0.717, 1.165) is 19.4 Å². The van der Waals surface area contributed by atoms with E-state index < -0.39 is 0 Å². The minimum Gasteiger partial charge on any atom is -0.378 e. The zero-order chi connectivity index (χ0) is 10.0. The molecule has 1 saturated carbocycles. The fourth-order valence-electron chi connectivity index (χ4n) is 2.91. The Morgan fingerprint density at radius 2 is 2.07 bits per heavy atom. The number of amides is 1. The average Bonchev–Trinajstić information content (AvgIpc) is 2.66. The Kier molecular flexibility index (Phi) is 2.77. The number of rotatable bonds is 2. The smallest absolute Gasteiger partial charge is 0.220 e. The van der Waals surface area contributed by atoms with E-state index in [0.29, 0.717) is 12.3 Å². The summed E-state index contributed by atoms with van der Waals surface area (Å²) in [5.74, 6) is 0.595. The highest BCUT2D eigenvalue weighted by Crippen LogP contribution is 2.39. The van der Waals surface area contributed by atoms with Gasteiger partial charge in [-0.05, 0) is 12.8 Å². The second-order valence-electron chi connectivity index (χ2n) is 4.53. The van der Waals surface area contributed by atoms with Crippen molar-refractivity contribution in [1.29, 1.82) is 0 Å². The molecule has 1 heterocycles. The molecule has 80 valence electrons. The van der Waals surface area contributed by atoms with Gasteiger partial charge in [-0.15, -0.1) is 0 Å². The molecule has 0 radical (unpaired) electrons. The van der Waals surface area contributed by atoms with Crippen molar-refractivity contribution in [2.45, 2.75) is 44.1 Å². The van der Waals surface area contributed by atoms with Gasteiger partial charge in [0, 0.05) is 26.0 Å². The summed E-state index contributed by atoms with van der Waals surface area (Å²) in [6, 6.07) is 0. The van der Waals surface area contributed by atoms with Gasteiger partial charge < -0.3 is 10.1 Å². The van der Waals surface area contributed by atoms with Gasteiger partial charge >= 0.3 is 0 Å². The van der Waals surface area contributed by atoms with Gasteiger partial charge in [0.2, 0.25) is 5.91 Å². The number of methoxy groups -OCH3 is 1. The molecule has 1 aliphatic heterocycles. The molecule has 3 nitrogen and oxygen atoms in total. The molecular formula is C11H19NO2. The van der Waals surface area contributed by atoms with Gasteiger partial charge in [-0.1, -0.05) is 19.3 Å². The quantitative estimate of drug-likeness (QED) is 0.728. The highest BCUT2D eigenvalue weighted by molar-refractivity contribution is 5.78. The van der Waals surface area contributed by atoms with Crippen LogP contribution in [0.15, 0.2) is 0 Å². The molecule has 2 rings (SSSR count). The van der Waals surface area contributed by atoms with E-state index in [2.05, 4.69) is 5.32 Å². The molecule has 14 heavy (non-hydrogen) atoms. The largest absolute Gasteiger partial charge is 0.378 e. The molecular weight excluding hydrogens is 178 g/mol. The summed E-state index contributed by atoms with van der Waals surface area (Å²) >= 11 is 0. The number of carbonyl (C=O) groups excluding carboxylic acids is 1. The van der Waals surface area contributed by atoms with Crippen molar-refractivity contribution >= 4 is 5.91 Å². The zero-order valence-corrected chi connectivity index (χ0v) is 8.84. The predicted molar refractivity (Wildman–Crippen MR) is 53.9 cm³/mol. The van der Waals surface area contributed by atoms with E-state index in [1.165, 1.54) is 19.3 Å². The van der Waals surface area contributed by atoms with Crippen LogP contribution in [0.2, 0.25) is 0 Å². The molecule has 0 bridgehead atoms. The third-order valence-corrected chi connectivity index (χ3v) is 3.83. The molecule has 0 aromatic carbocycles. The lowest BCUT2D eigenvalue weighted by molar-refractivity contribution is -0.121. The first-order valence-corrected chi connectivity index (χ1v) is 5.59. The fourth-order valence-corrected chi connectivity index (χ4v) is 2.91. The molecule has 0 spiro atoms. The first-order valence-electron chi connectivity index (χ1n) is 5.59. The van der Waals surface area contributed by atoms with Crippen molar-refractivity contribution in [3.63, 3.8) is 0 Å². The van der Waals surface area contributed by atoms with Crippen LogP contribution in [-0.4, -0.2) is 25.2 Å². The molecule has 1 N–H and O–H groups in total. The molecule has 0 aromatic heterocycles. The van der Waals surface area contributed by atoms with E-state index in [4.69, 9.17) is 4.74 Å². The van der Waals surface area contributed by atoms with Crippen LogP contribution in [0.1, 0.15) is 38.5 Å². The number of nitrogens with one attached hydrogen (secondary N) is 1. The van der Waals surface area contributed by atoms with Crippen molar-refractivity contribution in [1.82, 2.24) is 5.32 Å². The van der Waals surface area contributed by atoms with Crippen molar-refractivity contribution < 1.29 is 9.53 Å². The Labute approximate surface area is 85.2 Å². The SMILES string of the molecule is COC1(C2CNC(=O)C2)CCCCC1. The van der Waals surface area contributed by atoms with Gasteiger partial charge in [-0.3, -0.25) is 4.79 Å². The standard InChI is InChI=1S/C11H19NO2/c1-14-11(5-3-2-4-6-11)9-7-10(13)12-8-9/h9H,2-8H2,1H3,(H,12,13). The molecule has 0 aromatic rings. The number of hydrogen-bond donors (Lipinski definition) is 1. The Bertz CT molecular complexity index is 221.